The maximum Gasteiger partial charge on any atom is 0.343 e. The van der Waals surface area contributed by atoms with Gasteiger partial charge in [-0.25, -0.2) is 9.18 Å². The number of aryl methyl sites for hydroxylation is 2. The summed E-state index contributed by atoms with van der Waals surface area (Å²) in [7, 11) is 0. The summed E-state index contributed by atoms with van der Waals surface area (Å²) < 4.78 is 20.1. The first-order chi connectivity index (χ1) is 15.1. The highest BCUT2D eigenvalue weighted by atomic mass is 19.1. The summed E-state index contributed by atoms with van der Waals surface area (Å²) in [6, 6.07) is 19.6. The van der Waals surface area contributed by atoms with Gasteiger partial charge in [0.1, 0.15) is 11.6 Å². The molecule has 0 heterocycles. The summed E-state index contributed by atoms with van der Waals surface area (Å²) in [5.41, 5.74) is 4.03. The van der Waals surface area contributed by atoms with Gasteiger partial charge in [0.25, 0.3) is 0 Å². The van der Waals surface area contributed by atoms with E-state index in [1.165, 1.54) is 11.6 Å². The zero-order chi connectivity index (χ0) is 22.1. The number of carbonyl (C=O) groups is 1. The van der Waals surface area contributed by atoms with Gasteiger partial charge >= 0.3 is 5.97 Å². The molecule has 0 aliphatic heterocycles. The quantitative estimate of drug-likeness (QED) is 0.208. The third kappa shape index (κ3) is 6.26. The lowest BCUT2D eigenvalue weighted by atomic mass is 10.0. The van der Waals surface area contributed by atoms with Gasteiger partial charge in [0, 0.05) is 11.6 Å². The molecular weight excluding hydrogens is 387 g/mol. The van der Waals surface area contributed by atoms with Crippen LogP contribution in [0.3, 0.4) is 0 Å². The van der Waals surface area contributed by atoms with Crippen molar-refractivity contribution in [3.05, 3.63) is 114 Å². The molecule has 3 aromatic rings. The molecule has 0 spiro atoms. The Balaban J connectivity index is 1.65. The third-order valence-electron chi connectivity index (χ3n) is 5.08. The summed E-state index contributed by atoms with van der Waals surface area (Å²) in [4.78, 5) is 12.4. The fourth-order valence-corrected chi connectivity index (χ4v) is 3.30. The molecule has 0 bridgehead atoms. The molecule has 3 heteroatoms. The fourth-order valence-electron chi connectivity index (χ4n) is 3.30. The number of esters is 1. The van der Waals surface area contributed by atoms with E-state index in [1.807, 2.05) is 55.5 Å². The first-order valence-corrected chi connectivity index (χ1v) is 10.5. The molecule has 0 aliphatic rings. The number of rotatable bonds is 9. The number of allylic oxidation sites excluding steroid dienone is 3. The van der Waals surface area contributed by atoms with Crippen molar-refractivity contribution in [3.63, 3.8) is 0 Å². The minimum Gasteiger partial charge on any atom is -0.423 e. The molecule has 158 valence electrons. The van der Waals surface area contributed by atoms with E-state index < -0.39 is 11.8 Å². The Hall–Kier alpha value is -3.46. The second kappa shape index (κ2) is 11.1. The molecule has 0 aromatic heterocycles. The van der Waals surface area contributed by atoms with Gasteiger partial charge in [-0.1, -0.05) is 54.6 Å². The van der Waals surface area contributed by atoms with Crippen molar-refractivity contribution in [1.82, 2.24) is 0 Å². The minimum atomic E-state index is -0.501. The van der Waals surface area contributed by atoms with Crippen molar-refractivity contribution < 1.29 is 13.9 Å². The van der Waals surface area contributed by atoms with Crippen LogP contribution in [0.25, 0.3) is 11.1 Å². The number of hydrogen-bond donors (Lipinski definition) is 0. The maximum absolute atomic E-state index is 14.7. The number of halogens is 1. The van der Waals surface area contributed by atoms with Gasteiger partial charge in [0.2, 0.25) is 0 Å². The highest BCUT2D eigenvalue weighted by Gasteiger charge is 2.12. The van der Waals surface area contributed by atoms with Crippen LogP contribution in [0.1, 0.15) is 41.3 Å². The smallest absolute Gasteiger partial charge is 0.343 e. The predicted molar refractivity (Wildman–Crippen MR) is 125 cm³/mol. The second-order valence-electron chi connectivity index (χ2n) is 7.36. The Morgan fingerprint density at radius 1 is 0.935 bits per heavy atom. The van der Waals surface area contributed by atoms with Gasteiger partial charge in [-0.3, -0.25) is 0 Å². The summed E-state index contributed by atoms with van der Waals surface area (Å²) in [6.07, 6.45) is 9.72. The van der Waals surface area contributed by atoms with Crippen molar-refractivity contribution in [3.8, 4) is 16.9 Å². The van der Waals surface area contributed by atoms with E-state index in [9.17, 15) is 9.18 Å². The van der Waals surface area contributed by atoms with Crippen LogP contribution < -0.4 is 4.74 Å². The molecule has 0 aliphatic carbocycles. The van der Waals surface area contributed by atoms with E-state index >= 15 is 0 Å². The van der Waals surface area contributed by atoms with Gasteiger partial charge in [-0.05, 0) is 73.6 Å². The van der Waals surface area contributed by atoms with E-state index in [2.05, 4.69) is 12.7 Å². The minimum absolute atomic E-state index is 0.186. The SMILES string of the molecule is C=CCCc1ccc(-c2ccc(OC(=O)c3ccc(CC/C=C/C)cc3)cc2F)cc1. The number of carbonyl (C=O) groups excluding carboxylic acids is 1. The molecule has 0 saturated heterocycles. The molecule has 31 heavy (non-hydrogen) atoms. The van der Waals surface area contributed by atoms with Crippen molar-refractivity contribution in [2.45, 2.75) is 32.6 Å². The molecule has 0 radical (unpaired) electrons. The lowest BCUT2D eigenvalue weighted by Crippen LogP contribution is -2.08. The van der Waals surface area contributed by atoms with Crippen LogP contribution in [0.5, 0.6) is 5.75 Å². The highest BCUT2D eigenvalue weighted by molar-refractivity contribution is 5.91. The number of benzene rings is 3. The fraction of sp³-hybridized carbons (Fsp3) is 0.179. The zero-order valence-electron chi connectivity index (χ0n) is 17.8. The molecule has 0 atom stereocenters. The Kier molecular flexibility index (Phi) is 7.94. The average Bonchev–Trinajstić information content (AvgIpc) is 2.79. The van der Waals surface area contributed by atoms with E-state index in [0.717, 1.165) is 36.8 Å². The monoisotopic (exact) mass is 414 g/mol. The number of ether oxygens (including phenoxy) is 1. The van der Waals surface area contributed by atoms with Gasteiger partial charge in [0.15, 0.2) is 0 Å². The molecule has 0 fully saturated rings. The summed E-state index contributed by atoms with van der Waals surface area (Å²) in [5.74, 6) is -0.742. The Morgan fingerprint density at radius 2 is 1.58 bits per heavy atom. The van der Waals surface area contributed by atoms with E-state index in [4.69, 9.17) is 4.74 Å². The second-order valence-corrected chi connectivity index (χ2v) is 7.36. The van der Waals surface area contributed by atoms with Crippen LogP contribution in [0.15, 0.2) is 91.5 Å². The van der Waals surface area contributed by atoms with Crippen LogP contribution in [-0.4, -0.2) is 5.97 Å². The molecule has 3 rings (SSSR count). The highest BCUT2D eigenvalue weighted by Crippen LogP contribution is 2.27. The van der Waals surface area contributed by atoms with Crippen molar-refractivity contribution in [1.29, 1.82) is 0 Å². The lowest BCUT2D eigenvalue weighted by molar-refractivity contribution is 0.0734. The van der Waals surface area contributed by atoms with Crippen LogP contribution >= 0.6 is 0 Å². The largest absolute Gasteiger partial charge is 0.423 e. The van der Waals surface area contributed by atoms with Gasteiger partial charge in [-0.2, -0.15) is 0 Å². The first-order valence-electron chi connectivity index (χ1n) is 10.5. The van der Waals surface area contributed by atoms with Crippen molar-refractivity contribution >= 4 is 5.97 Å². The van der Waals surface area contributed by atoms with Crippen LogP contribution in [-0.2, 0) is 12.8 Å². The van der Waals surface area contributed by atoms with E-state index in [-0.39, 0.29) is 5.75 Å². The van der Waals surface area contributed by atoms with Gasteiger partial charge < -0.3 is 4.74 Å². The Morgan fingerprint density at radius 3 is 2.19 bits per heavy atom. The third-order valence-corrected chi connectivity index (χ3v) is 5.08. The Labute approximate surface area is 183 Å². The molecule has 0 unspecified atom stereocenters. The summed E-state index contributed by atoms with van der Waals surface area (Å²) in [6.45, 7) is 5.73. The summed E-state index contributed by atoms with van der Waals surface area (Å²) >= 11 is 0. The Bertz CT molecular complexity index is 1050. The normalized spacial score (nSPS) is 10.9. The lowest BCUT2D eigenvalue weighted by Gasteiger charge is -2.09. The zero-order valence-corrected chi connectivity index (χ0v) is 17.8. The molecular formula is C28H27FO2. The van der Waals surface area contributed by atoms with Gasteiger partial charge in [0.05, 0.1) is 5.56 Å². The van der Waals surface area contributed by atoms with Crippen LogP contribution in [0, 0.1) is 5.82 Å². The topological polar surface area (TPSA) is 26.3 Å². The molecule has 0 amide bonds. The van der Waals surface area contributed by atoms with E-state index in [0.29, 0.717) is 11.1 Å². The van der Waals surface area contributed by atoms with Gasteiger partial charge in [-0.15, -0.1) is 6.58 Å². The van der Waals surface area contributed by atoms with Crippen molar-refractivity contribution in [2.75, 3.05) is 0 Å². The summed E-state index contributed by atoms with van der Waals surface area (Å²) in [5, 5.41) is 0. The molecule has 0 saturated carbocycles. The predicted octanol–water partition coefficient (Wildman–Crippen LogP) is 7.34. The van der Waals surface area contributed by atoms with Crippen molar-refractivity contribution in [2.24, 2.45) is 0 Å². The maximum atomic E-state index is 14.7. The molecule has 0 N–H and O–H groups in total. The molecule has 2 nitrogen and oxygen atoms in total. The molecule has 3 aromatic carbocycles. The van der Waals surface area contributed by atoms with E-state index in [1.54, 1.807) is 24.3 Å². The van der Waals surface area contributed by atoms with Crippen LogP contribution in [0.4, 0.5) is 4.39 Å². The number of hydrogen-bond acceptors (Lipinski definition) is 2. The van der Waals surface area contributed by atoms with Crippen LogP contribution in [0.2, 0.25) is 0 Å². The average molecular weight is 415 g/mol. The standard InChI is InChI=1S/C28H27FO2/c1-3-5-7-9-22-12-16-24(17-13-22)28(30)31-25-18-19-26(27(29)20-25)23-14-10-21(11-15-23)8-6-4-2/h3-5,10-20H,2,6-9H2,1H3/b5-3+. The first kappa shape index (κ1) is 22.2.